The smallest absolute Gasteiger partial charge is 0.251 e. The molecule has 9 nitrogen and oxygen atoms in total. The van der Waals surface area contributed by atoms with Gasteiger partial charge in [0.2, 0.25) is 0 Å². The maximum absolute atomic E-state index is 12.9. The molecule has 2 unspecified atom stereocenters. The van der Waals surface area contributed by atoms with Crippen molar-refractivity contribution in [3.8, 4) is 0 Å². The van der Waals surface area contributed by atoms with E-state index < -0.39 is 11.6 Å². The molecule has 2 aromatic rings. The number of aliphatic imine (C=N–C) groups is 2. The highest BCUT2D eigenvalue weighted by atomic mass is 16.3. The highest BCUT2D eigenvalue weighted by Crippen LogP contribution is 2.26. The van der Waals surface area contributed by atoms with Crippen LogP contribution >= 0.6 is 0 Å². The molecule has 0 radical (unpaired) electrons. The van der Waals surface area contributed by atoms with Crippen LogP contribution in [0.15, 0.2) is 40.0 Å². The predicted molar refractivity (Wildman–Crippen MR) is 131 cm³/mol. The van der Waals surface area contributed by atoms with Gasteiger partial charge in [-0.15, -0.1) is 0 Å². The number of amides is 1. The molecule has 0 bridgehead atoms. The summed E-state index contributed by atoms with van der Waals surface area (Å²) in [4.78, 5) is 24.5. The summed E-state index contributed by atoms with van der Waals surface area (Å²) in [7, 11) is 4.14. The number of fused-ring (bicyclic) bond motifs is 2. The summed E-state index contributed by atoms with van der Waals surface area (Å²) in [5.41, 5.74) is 3.47. The normalized spacial score (nSPS) is 20.0. The van der Waals surface area contributed by atoms with Crippen LogP contribution in [0.3, 0.4) is 0 Å². The minimum atomic E-state index is -0.722. The lowest BCUT2D eigenvalue weighted by Crippen LogP contribution is -2.48. The van der Waals surface area contributed by atoms with E-state index in [1.807, 2.05) is 4.68 Å². The van der Waals surface area contributed by atoms with Crippen LogP contribution in [0, 0.1) is 6.92 Å². The number of carbonyl (C=O) groups is 1. The van der Waals surface area contributed by atoms with Gasteiger partial charge < -0.3 is 20.6 Å². The summed E-state index contributed by atoms with van der Waals surface area (Å²) in [6, 6.07) is 5.86. The number of aliphatic hydroxyl groups is 1. The molecule has 2 aliphatic heterocycles. The Morgan fingerprint density at radius 2 is 2.12 bits per heavy atom. The monoisotopic (exact) mass is 451 g/mol. The van der Waals surface area contributed by atoms with Gasteiger partial charge in [0.15, 0.2) is 0 Å². The van der Waals surface area contributed by atoms with E-state index in [9.17, 15) is 9.90 Å². The van der Waals surface area contributed by atoms with Crippen LogP contribution in [0.5, 0.6) is 0 Å². The molecule has 1 aromatic carbocycles. The van der Waals surface area contributed by atoms with Crippen LogP contribution < -0.4 is 10.6 Å². The van der Waals surface area contributed by atoms with Crippen LogP contribution in [0.4, 0.5) is 0 Å². The Morgan fingerprint density at radius 1 is 1.33 bits per heavy atom. The number of carbonyl (C=O) groups excluding carboxylic acids is 1. The maximum atomic E-state index is 12.9. The van der Waals surface area contributed by atoms with Crippen LogP contribution in [0.2, 0.25) is 0 Å². The summed E-state index contributed by atoms with van der Waals surface area (Å²) in [5, 5.41) is 21.4. The van der Waals surface area contributed by atoms with Crippen molar-refractivity contribution in [1.29, 1.82) is 0 Å². The quantitative estimate of drug-likeness (QED) is 0.560. The number of nitrogens with one attached hydrogen (secondary N) is 2. The van der Waals surface area contributed by atoms with Gasteiger partial charge >= 0.3 is 0 Å². The highest BCUT2D eigenvalue weighted by Gasteiger charge is 2.37. The van der Waals surface area contributed by atoms with Crippen molar-refractivity contribution in [3.05, 3.63) is 41.2 Å². The number of aryl methyl sites for hydroxylation is 2. The van der Waals surface area contributed by atoms with Gasteiger partial charge in [0.05, 0.1) is 29.5 Å². The van der Waals surface area contributed by atoms with Crippen LogP contribution in [0.25, 0.3) is 10.9 Å². The molecular formula is C24H33N7O2. The molecule has 4 rings (SSSR count). The van der Waals surface area contributed by atoms with Crippen molar-refractivity contribution in [2.45, 2.75) is 51.5 Å². The fourth-order valence-electron chi connectivity index (χ4n) is 4.04. The lowest BCUT2D eigenvalue weighted by molar-refractivity contribution is -0.119. The topological polar surface area (TPSA) is 107 Å². The van der Waals surface area contributed by atoms with Gasteiger partial charge in [0.1, 0.15) is 23.6 Å². The second-order valence-corrected chi connectivity index (χ2v) is 9.69. The van der Waals surface area contributed by atoms with E-state index in [4.69, 9.17) is 10.1 Å². The molecule has 2 atom stereocenters. The zero-order valence-electron chi connectivity index (χ0n) is 20.0. The molecule has 1 aromatic heterocycles. The van der Waals surface area contributed by atoms with E-state index in [-0.39, 0.29) is 18.7 Å². The van der Waals surface area contributed by atoms with Gasteiger partial charge in [0, 0.05) is 18.1 Å². The molecule has 1 amide bonds. The van der Waals surface area contributed by atoms with Crippen molar-refractivity contribution in [1.82, 2.24) is 25.3 Å². The van der Waals surface area contributed by atoms with Gasteiger partial charge in [0.25, 0.3) is 5.91 Å². The summed E-state index contributed by atoms with van der Waals surface area (Å²) in [5.74, 6) is -0.260. The molecule has 33 heavy (non-hydrogen) atoms. The number of hydrogen-bond donors (Lipinski definition) is 3. The summed E-state index contributed by atoms with van der Waals surface area (Å²) < 4.78 is 2.05. The van der Waals surface area contributed by atoms with Gasteiger partial charge in [-0.05, 0) is 59.5 Å². The minimum absolute atomic E-state index is 0.156. The zero-order chi connectivity index (χ0) is 23.8. The molecule has 0 fully saturated rings. The summed E-state index contributed by atoms with van der Waals surface area (Å²) >= 11 is 0. The average molecular weight is 452 g/mol. The van der Waals surface area contributed by atoms with Crippen molar-refractivity contribution in [2.75, 3.05) is 27.2 Å². The van der Waals surface area contributed by atoms with E-state index in [1.54, 1.807) is 26.3 Å². The van der Waals surface area contributed by atoms with Gasteiger partial charge in [-0.25, -0.2) is 0 Å². The Hall–Kier alpha value is -3.04. The van der Waals surface area contributed by atoms with Crippen LogP contribution in [0.1, 0.15) is 31.5 Å². The van der Waals surface area contributed by atoms with E-state index >= 15 is 0 Å². The second-order valence-electron chi connectivity index (χ2n) is 9.69. The third-order valence-electron chi connectivity index (χ3n) is 5.90. The van der Waals surface area contributed by atoms with E-state index in [0.717, 1.165) is 36.1 Å². The number of aliphatic hydroxyl groups excluding tert-OH is 1. The largest absolute Gasteiger partial charge is 0.394 e. The second kappa shape index (κ2) is 9.07. The Kier molecular flexibility index (Phi) is 6.36. The Bertz CT molecular complexity index is 1140. The molecular weight excluding hydrogens is 418 g/mol. The fraction of sp³-hybridized carbons (Fsp3) is 0.500. The Labute approximate surface area is 194 Å². The molecule has 176 valence electrons. The van der Waals surface area contributed by atoms with Crippen molar-refractivity contribution >= 4 is 28.7 Å². The molecule has 0 saturated carbocycles. The number of nitrogens with zero attached hydrogens (tertiary/aromatic N) is 5. The zero-order valence-corrected chi connectivity index (χ0v) is 20.0. The molecule has 3 N–H and O–H groups in total. The summed E-state index contributed by atoms with van der Waals surface area (Å²) in [6.07, 6.45) is 4.08. The van der Waals surface area contributed by atoms with Crippen molar-refractivity contribution < 1.29 is 9.90 Å². The third kappa shape index (κ3) is 4.84. The van der Waals surface area contributed by atoms with Crippen molar-refractivity contribution in [3.63, 3.8) is 0 Å². The number of hydrogen-bond acceptors (Lipinski definition) is 7. The maximum Gasteiger partial charge on any atom is 0.251 e. The highest BCUT2D eigenvalue weighted by molar-refractivity contribution is 6.40. The molecule has 0 aliphatic carbocycles. The molecule has 0 spiro atoms. The first-order valence-electron chi connectivity index (χ1n) is 11.3. The van der Waals surface area contributed by atoms with Crippen molar-refractivity contribution in [2.24, 2.45) is 9.98 Å². The summed E-state index contributed by atoms with van der Waals surface area (Å²) in [6.45, 7) is 7.26. The van der Waals surface area contributed by atoms with Gasteiger partial charge in [-0.2, -0.15) is 5.10 Å². The number of benzene rings is 1. The Balaban J connectivity index is 1.65. The molecule has 9 heteroatoms. The lowest BCUT2D eigenvalue weighted by Gasteiger charge is -2.25. The van der Waals surface area contributed by atoms with E-state index in [0.29, 0.717) is 11.3 Å². The standard InChI is InChI=1S/C24H33N7O2/c1-15-7-8-16-19(11-15)31(10-6-9-30(4)5)29-20(16)18-13-26-22-21(27-18)17(12-25-22)23(33)28-24(2,3)14-32/h7-8,11-13,21-22,25,32H,6,9-10,14H2,1-5H3,(H,28,33). The lowest BCUT2D eigenvalue weighted by atomic mass is 10.0. The van der Waals surface area contributed by atoms with E-state index in [2.05, 4.69) is 59.7 Å². The molecule has 3 heterocycles. The minimum Gasteiger partial charge on any atom is -0.394 e. The van der Waals surface area contributed by atoms with Crippen LogP contribution in [-0.2, 0) is 11.3 Å². The average Bonchev–Trinajstić information content (AvgIpc) is 3.34. The third-order valence-corrected chi connectivity index (χ3v) is 5.90. The number of aromatic nitrogens is 2. The predicted octanol–water partition coefficient (Wildman–Crippen LogP) is 1.24. The fourth-order valence-corrected chi connectivity index (χ4v) is 4.04. The van der Waals surface area contributed by atoms with Gasteiger partial charge in [-0.3, -0.25) is 19.5 Å². The molecule has 2 aliphatic rings. The number of rotatable bonds is 8. The SMILES string of the molecule is Cc1ccc2c(C3=NC4C(C(=O)NC(C)(C)CO)=CNC4N=C3)nn(CCCN(C)C)c2c1. The van der Waals surface area contributed by atoms with Gasteiger partial charge in [-0.1, -0.05) is 12.1 Å². The van der Waals surface area contributed by atoms with E-state index in [1.165, 1.54) is 5.56 Å². The Morgan fingerprint density at radius 3 is 2.85 bits per heavy atom. The first kappa shape index (κ1) is 23.1. The first-order chi connectivity index (χ1) is 15.7. The first-order valence-corrected chi connectivity index (χ1v) is 11.3. The molecule has 0 saturated heterocycles. The van der Waals surface area contributed by atoms with Crippen LogP contribution in [-0.4, -0.2) is 82.6 Å².